The van der Waals surface area contributed by atoms with Crippen molar-refractivity contribution >= 4 is 21.6 Å². The highest BCUT2D eigenvalue weighted by Gasteiger charge is 2.27. The largest absolute Gasteiger partial charge is 0.305 e. The first kappa shape index (κ1) is 19.2. The second kappa shape index (κ2) is 8.42. The molecule has 3 rings (SSSR count). The zero-order valence-electron chi connectivity index (χ0n) is 15.3. The molecule has 0 spiro atoms. The van der Waals surface area contributed by atoms with Gasteiger partial charge in [0.1, 0.15) is 0 Å². The van der Waals surface area contributed by atoms with E-state index in [1.54, 1.807) is 12.1 Å². The topological polar surface area (TPSA) is 49.4 Å². The lowest BCUT2D eigenvalue weighted by Crippen LogP contribution is -2.52. The molecule has 0 aliphatic carbocycles. The predicted molar refractivity (Wildman–Crippen MR) is 106 cm³/mol. The summed E-state index contributed by atoms with van der Waals surface area (Å²) >= 11 is 2.14. The standard InChI is InChI=1S/C19H30N2O2S2/c1-3-21-13-16(8-9-17-5-4-12-24-17)20-19(14-21)15-6-10-18(11-7-15)25(2,22)23/h6-7,10-11,16-17,19-20H,3-5,8-9,12-14H2,1-2H3. The first-order valence-corrected chi connectivity index (χ1v) is 12.3. The van der Waals surface area contributed by atoms with Crippen LogP contribution in [0.3, 0.4) is 0 Å². The lowest BCUT2D eigenvalue weighted by molar-refractivity contribution is 0.161. The smallest absolute Gasteiger partial charge is 0.175 e. The maximum absolute atomic E-state index is 11.7. The fourth-order valence-electron chi connectivity index (χ4n) is 3.88. The average molecular weight is 383 g/mol. The van der Waals surface area contributed by atoms with E-state index in [-0.39, 0.29) is 6.04 Å². The van der Waals surface area contributed by atoms with Gasteiger partial charge in [-0.3, -0.25) is 0 Å². The van der Waals surface area contributed by atoms with Crippen LogP contribution in [0.1, 0.15) is 44.2 Å². The normalized spacial score (nSPS) is 28.3. The third-order valence-corrected chi connectivity index (χ3v) is 7.97. The molecule has 2 fully saturated rings. The van der Waals surface area contributed by atoms with Crippen LogP contribution in [0.25, 0.3) is 0 Å². The molecule has 0 radical (unpaired) electrons. The van der Waals surface area contributed by atoms with E-state index in [0.717, 1.165) is 24.9 Å². The van der Waals surface area contributed by atoms with E-state index in [2.05, 4.69) is 28.9 Å². The molecule has 0 amide bonds. The summed E-state index contributed by atoms with van der Waals surface area (Å²) in [5, 5.41) is 4.67. The molecule has 6 heteroatoms. The molecule has 1 aromatic rings. The van der Waals surface area contributed by atoms with Gasteiger partial charge in [-0.05, 0) is 55.7 Å². The third-order valence-electron chi connectivity index (χ3n) is 5.38. The maximum Gasteiger partial charge on any atom is 0.175 e. The quantitative estimate of drug-likeness (QED) is 0.819. The summed E-state index contributed by atoms with van der Waals surface area (Å²) in [5.74, 6) is 1.33. The molecule has 2 saturated heterocycles. The fourth-order valence-corrected chi connectivity index (χ4v) is 5.81. The Morgan fingerprint density at radius 2 is 1.96 bits per heavy atom. The van der Waals surface area contributed by atoms with Crippen molar-refractivity contribution < 1.29 is 8.42 Å². The number of likely N-dealkylation sites (N-methyl/N-ethyl adjacent to an activating group) is 1. The van der Waals surface area contributed by atoms with E-state index < -0.39 is 9.84 Å². The molecule has 140 valence electrons. The number of rotatable bonds is 6. The molecule has 1 aromatic carbocycles. The molecule has 0 saturated carbocycles. The van der Waals surface area contributed by atoms with Crippen LogP contribution in [-0.4, -0.2) is 56.3 Å². The monoisotopic (exact) mass is 382 g/mol. The number of benzene rings is 1. The van der Waals surface area contributed by atoms with Crippen molar-refractivity contribution in [3.8, 4) is 0 Å². The number of sulfone groups is 1. The molecule has 1 N–H and O–H groups in total. The lowest BCUT2D eigenvalue weighted by Gasteiger charge is -2.39. The van der Waals surface area contributed by atoms with Crippen LogP contribution >= 0.6 is 11.8 Å². The molecule has 2 aliphatic rings. The highest BCUT2D eigenvalue weighted by atomic mass is 32.2. The summed E-state index contributed by atoms with van der Waals surface area (Å²) in [5.41, 5.74) is 1.19. The van der Waals surface area contributed by atoms with Crippen molar-refractivity contribution in [2.45, 2.75) is 54.8 Å². The maximum atomic E-state index is 11.7. The summed E-state index contributed by atoms with van der Waals surface area (Å²) in [7, 11) is -3.13. The number of thioether (sulfide) groups is 1. The van der Waals surface area contributed by atoms with Crippen molar-refractivity contribution in [3.05, 3.63) is 29.8 Å². The van der Waals surface area contributed by atoms with E-state index >= 15 is 0 Å². The van der Waals surface area contributed by atoms with Crippen LogP contribution in [0.4, 0.5) is 0 Å². The summed E-state index contributed by atoms with van der Waals surface area (Å²) in [6.07, 6.45) is 6.55. The predicted octanol–water partition coefficient (Wildman–Crippen LogP) is 3.10. The molecule has 0 bridgehead atoms. The van der Waals surface area contributed by atoms with Crippen LogP contribution in [0, 0.1) is 0 Å². The Labute approximate surface area is 156 Å². The molecule has 4 nitrogen and oxygen atoms in total. The molecule has 3 atom stereocenters. The summed E-state index contributed by atoms with van der Waals surface area (Å²) < 4.78 is 23.3. The number of hydrogen-bond acceptors (Lipinski definition) is 5. The zero-order chi connectivity index (χ0) is 17.9. The number of piperazine rings is 1. The second-order valence-corrected chi connectivity index (χ2v) is 10.7. The summed E-state index contributed by atoms with van der Waals surface area (Å²) in [4.78, 5) is 2.91. The zero-order valence-corrected chi connectivity index (χ0v) is 16.9. The van der Waals surface area contributed by atoms with Gasteiger partial charge in [-0.2, -0.15) is 11.8 Å². The van der Waals surface area contributed by atoms with E-state index in [4.69, 9.17) is 0 Å². The first-order valence-electron chi connectivity index (χ1n) is 9.35. The second-order valence-electron chi connectivity index (χ2n) is 7.32. The van der Waals surface area contributed by atoms with Gasteiger partial charge in [0, 0.05) is 36.7 Å². The van der Waals surface area contributed by atoms with E-state index in [9.17, 15) is 8.42 Å². The van der Waals surface area contributed by atoms with Gasteiger partial charge in [-0.1, -0.05) is 19.1 Å². The Kier molecular flexibility index (Phi) is 6.47. The number of hydrogen-bond donors (Lipinski definition) is 1. The molecule has 3 unspecified atom stereocenters. The fraction of sp³-hybridized carbons (Fsp3) is 0.684. The van der Waals surface area contributed by atoms with Gasteiger partial charge in [-0.25, -0.2) is 8.42 Å². The lowest BCUT2D eigenvalue weighted by atomic mass is 9.98. The van der Waals surface area contributed by atoms with Crippen molar-refractivity contribution in [1.82, 2.24) is 10.2 Å². The Morgan fingerprint density at radius 1 is 1.20 bits per heavy atom. The minimum atomic E-state index is -3.13. The van der Waals surface area contributed by atoms with E-state index in [1.807, 2.05) is 12.1 Å². The van der Waals surface area contributed by atoms with Crippen LogP contribution in [0.2, 0.25) is 0 Å². The van der Waals surface area contributed by atoms with Crippen LogP contribution in [0.15, 0.2) is 29.2 Å². The Balaban J connectivity index is 1.65. The molecule has 25 heavy (non-hydrogen) atoms. The van der Waals surface area contributed by atoms with Gasteiger partial charge in [-0.15, -0.1) is 0 Å². The Hall–Kier alpha value is -0.560. The highest BCUT2D eigenvalue weighted by molar-refractivity contribution is 8.00. The summed E-state index contributed by atoms with van der Waals surface area (Å²) in [6.45, 7) is 5.39. The van der Waals surface area contributed by atoms with Crippen molar-refractivity contribution in [3.63, 3.8) is 0 Å². The minimum Gasteiger partial charge on any atom is -0.305 e. The van der Waals surface area contributed by atoms with Crippen LogP contribution in [-0.2, 0) is 9.84 Å². The van der Waals surface area contributed by atoms with Gasteiger partial charge in [0.2, 0.25) is 0 Å². The highest BCUT2D eigenvalue weighted by Crippen LogP contribution is 2.31. The van der Waals surface area contributed by atoms with Crippen molar-refractivity contribution in [2.75, 3.05) is 31.6 Å². The van der Waals surface area contributed by atoms with Gasteiger partial charge in [0.05, 0.1) is 4.90 Å². The molecule has 2 aliphatic heterocycles. The van der Waals surface area contributed by atoms with E-state index in [1.165, 1.54) is 43.3 Å². The molecule has 0 aromatic heterocycles. The Morgan fingerprint density at radius 3 is 2.56 bits per heavy atom. The molecular formula is C19H30N2O2S2. The van der Waals surface area contributed by atoms with Gasteiger partial charge < -0.3 is 10.2 Å². The van der Waals surface area contributed by atoms with Crippen LogP contribution < -0.4 is 5.32 Å². The van der Waals surface area contributed by atoms with Gasteiger partial charge >= 0.3 is 0 Å². The number of nitrogens with one attached hydrogen (secondary N) is 1. The average Bonchev–Trinajstić information content (AvgIpc) is 3.12. The Bertz CT molecular complexity index is 655. The van der Waals surface area contributed by atoms with Crippen molar-refractivity contribution in [2.24, 2.45) is 0 Å². The van der Waals surface area contributed by atoms with Crippen LogP contribution in [0.5, 0.6) is 0 Å². The molecular weight excluding hydrogens is 352 g/mol. The van der Waals surface area contributed by atoms with E-state index in [0.29, 0.717) is 10.9 Å². The SMILES string of the molecule is CCN1CC(CCC2CCCS2)NC(c2ccc(S(C)(=O)=O)cc2)C1. The third kappa shape index (κ3) is 5.22. The van der Waals surface area contributed by atoms with Crippen molar-refractivity contribution in [1.29, 1.82) is 0 Å². The molecule has 2 heterocycles. The minimum absolute atomic E-state index is 0.281. The van der Waals surface area contributed by atoms with Gasteiger partial charge in [0.25, 0.3) is 0 Å². The first-order chi connectivity index (χ1) is 12.0. The number of nitrogens with zero attached hydrogens (tertiary/aromatic N) is 1. The van der Waals surface area contributed by atoms with Gasteiger partial charge in [0.15, 0.2) is 9.84 Å². The summed E-state index contributed by atoms with van der Waals surface area (Å²) in [6, 6.07) is 8.22.